The van der Waals surface area contributed by atoms with Crippen LogP contribution in [0.25, 0.3) is 0 Å². The van der Waals surface area contributed by atoms with Gasteiger partial charge in [-0.3, -0.25) is 4.79 Å². The molecule has 4 nitrogen and oxygen atoms in total. The molecule has 26 heavy (non-hydrogen) atoms. The van der Waals surface area contributed by atoms with Gasteiger partial charge in [0, 0.05) is 12.5 Å². The average Bonchev–Trinajstić information content (AvgIpc) is 3.07. The van der Waals surface area contributed by atoms with Crippen molar-refractivity contribution in [1.29, 1.82) is 0 Å². The van der Waals surface area contributed by atoms with E-state index in [2.05, 4.69) is 36.4 Å². The Morgan fingerprint density at radius 2 is 1.96 bits per heavy atom. The van der Waals surface area contributed by atoms with E-state index in [1.54, 1.807) is 23.7 Å². The van der Waals surface area contributed by atoms with Crippen LogP contribution in [0.2, 0.25) is 0 Å². The van der Waals surface area contributed by atoms with Crippen molar-refractivity contribution in [3.05, 3.63) is 71.3 Å². The topological polar surface area (TPSA) is 58.7 Å². The van der Waals surface area contributed by atoms with Gasteiger partial charge in [-0.15, -0.1) is 0 Å². The summed E-state index contributed by atoms with van der Waals surface area (Å²) >= 11 is 1.71. The molecule has 0 fully saturated rings. The number of nitrogens with two attached hydrogens (primary N) is 1. The predicted molar refractivity (Wildman–Crippen MR) is 107 cm³/mol. The number of benzene rings is 2. The van der Waals surface area contributed by atoms with Gasteiger partial charge >= 0.3 is 0 Å². The normalized spacial score (nSPS) is 24.5. The lowest BCUT2D eigenvalue weighted by atomic mass is 9.77. The Morgan fingerprint density at radius 1 is 1.23 bits per heavy atom. The summed E-state index contributed by atoms with van der Waals surface area (Å²) in [6.45, 7) is 2.22. The molecule has 5 heteroatoms. The maximum absolute atomic E-state index is 12.6. The summed E-state index contributed by atoms with van der Waals surface area (Å²) in [5, 5.41) is 7.41. The van der Waals surface area contributed by atoms with Crippen LogP contribution in [0.5, 0.6) is 0 Å². The highest BCUT2D eigenvalue weighted by Crippen LogP contribution is 2.57. The monoisotopic (exact) mass is 365 g/mol. The first-order valence-corrected chi connectivity index (χ1v) is 9.90. The molecule has 4 rings (SSSR count). The number of rotatable bonds is 3. The molecule has 0 saturated carbocycles. The van der Waals surface area contributed by atoms with Crippen molar-refractivity contribution in [2.75, 3.05) is 6.54 Å². The van der Waals surface area contributed by atoms with Gasteiger partial charge in [-0.05, 0) is 42.9 Å². The zero-order valence-corrected chi connectivity index (χ0v) is 15.7. The fraction of sp³-hybridized carbons (Fsp3) is 0.333. The van der Waals surface area contributed by atoms with Crippen LogP contribution in [0.15, 0.2) is 59.7 Å². The third kappa shape index (κ3) is 2.66. The van der Waals surface area contributed by atoms with Gasteiger partial charge < -0.3 is 5.73 Å². The minimum Gasteiger partial charge on any atom is -0.330 e. The van der Waals surface area contributed by atoms with Crippen LogP contribution in [0.4, 0.5) is 0 Å². The number of aryl methyl sites for hydroxylation is 1. The zero-order valence-electron chi connectivity index (χ0n) is 14.9. The van der Waals surface area contributed by atoms with Crippen LogP contribution < -0.4 is 5.73 Å². The number of amides is 1. The van der Waals surface area contributed by atoms with E-state index >= 15 is 0 Å². The number of hydrogen-bond donors (Lipinski definition) is 1. The second-order valence-electron chi connectivity index (χ2n) is 6.87. The van der Waals surface area contributed by atoms with Gasteiger partial charge in [-0.25, -0.2) is 5.01 Å². The van der Waals surface area contributed by atoms with Crippen molar-refractivity contribution in [2.24, 2.45) is 16.8 Å². The van der Waals surface area contributed by atoms with Gasteiger partial charge in [0.1, 0.15) is 9.91 Å². The van der Waals surface area contributed by atoms with E-state index in [1.807, 2.05) is 18.2 Å². The minimum absolute atomic E-state index is 0.0258. The molecule has 0 bridgehead atoms. The van der Waals surface area contributed by atoms with Crippen LogP contribution in [0.1, 0.15) is 36.5 Å². The van der Waals surface area contributed by atoms with Crippen LogP contribution in [-0.2, 0) is 16.1 Å². The van der Waals surface area contributed by atoms with E-state index in [0.29, 0.717) is 6.54 Å². The van der Waals surface area contributed by atoms with Crippen LogP contribution in [-0.4, -0.2) is 22.5 Å². The SMILES string of the molecule is CC(=O)N1N=C(c2ccccc2)S[C@]12c1ccccc1CC[C@@H]2CCN. The van der Waals surface area contributed by atoms with Crippen molar-refractivity contribution < 1.29 is 4.79 Å². The number of hydrogen-bond acceptors (Lipinski definition) is 4. The second-order valence-corrected chi connectivity index (χ2v) is 8.08. The third-order valence-corrected chi connectivity index (χ3v) is 6.86. The van der Waals surface area contributed by atoms with Crippen molar-refractivity contribution in [3.63, 3.8) is 0 Å². The maximum atomic E-state index is 12.6. The molecule has 0 unspecified atom stereocenters. The van der Waals surface area contributed by atoms with Crippen LogP contribution in [0, 0.1) is 5.92 Å². The quantitative estimate of drug-likeness (QED) is 0.902. The first-order chi connectivity index (χ1) is 12.7. The van der Waals surface area contributed by atoms with E-state index in [0.717, 1.165) is 29.9 Å². The molecule has 1 heterocycles. The largest absolute Gasteiger partial charge is 0.330 e. The number of carbonyl (C=O) groups excluding carboxylic acids is 1. The van der Waals surface area contributed by atoms with Gasteiger partial charge in [-0.1, -0.05) is 66.4 Å². The lowest BCUT2D eigenvalue weighted by molar-refractivity contribution is -0.134. The van der Waals surface area contributed by atoms with E-state index in [4.69, 9.17) is 10.8 Å². The summed E-state index contributed by atoms with van der Waals surface area (Å²) in [6.07, 6.45) is 2.92. The number of fused-ring (bicyclic) bond motifs is 2. The molecule has 134 valence electrons. The Labute approximate surface area is 158 Å². The van der Waals surface area contributed by atoms with E-state index in [-0.39, 0.29) is 11.8 Å². The molecule has 0 aromatic heterocycles. The fourth-order valence-electron chi connectivity index (χ4n) is 4.18. The smallest absolute Gasteiger partial charge is 0.241 e. The minimum atomic E-state index is -0.495. The van der Waals surface area contributed by atoms with E-state index in [1.165, 1.54) is 11.1 Å². The summed E-state index contributed by atoms with van der Waals surface area (Å²) in [6, 6.07) is 18.6. The number of nitrogens with zero attached hydrogens (tertiary/aromatic N) is 2. The second kappa shape index (κ2) is 6.89. The van der Waals surface area contributed by atoms with Crippen molar-refractivity contribution in [1.82, 2.24) is 5.01 Å². The van der Waals surface area contributed by atoms with Gasteiger partial charge in [0.25, 0.3) is 0 Å². The first kappa shape index (κ1) is 17.3. The summed E-state index contributed by atoms with van der Waals surface area (Å²) in [7, 11) is 0. The molecule has 2 aliphatic rings. The summed E-state index contributed by atoms with van der Waals surface area (Å²) in [5.41, 5.74) is 9.52. The molecule has 2 atom stereocenters. The Hall–Kier alpha value is -2.11. The molecule has 2 aromatic carbocycles. The third-order valence-electron chi connectivity index (χ3n) is 5.31. The maximum Gasteiger partial charge on any atom is 0.241 e. The highest BCUT2D eigenvalue weighted by molar-refractivity contribution is 8.15. The molecule has 0 radical (unpaired) electrons. The molecular weight excluding hydrogens is 342 g/mol. The highest BCUT2D eigenvalue weighted by atomic mass is 32.2. The van der Waals surface area contributed by atoms with Crippen LogP contribution >= 0.6 is 11.8 Å². The molecule has 1 spiro atoms. The summed E-state index contributed by atoms with van der Waals surface area (Å²) in [4.78, 5) is 12.1. The van der Waals surface area contributed by atoms with Gasteiger partial charge in [-0.2, -0.15) is 5.10 Å². The Balaban J connectivity index is 1.87. The molecule has 2 aromatic rings. The summed E-state index contributed by atoms with van der Waals surface area (Å²) in [5.74, 6) is 0.253. The molecular formula is C21H23N3OS. The van der Waals surface area contributed by atoms with Crippen LogP contribution in [0.3, 0.4) is 0 Å². The standard InChI is InChI=1S/C21H23N3OS/c1-15(25)24-21(26-20(23-24)17-8-3-2-4-9-17)18(13-14-22)12-11-16-7-5-6-10-19(16)21/h2-10,18H,11-14,22H2,1H3/t18-,21-/m1/s1. The lowest BCUT2D eigenvalue weighted by Gasteiger charge is -2.45. The molecule has 0 saturated heterocycles. The van der Waals surface area contributed by atoms with Gasteiger partial charge in [0.15, 0.2) is 0 Å². The van der Waals surface area contributed by atoms with Gasteiger partial charge in [0.2, 0.25) is 5.91 Å². The summed E-state index contributed by atoms with van der Waals surface area (Å²) < 4.78 is 0. The lowest BCUT2D eigenvalue weighted by Crippen LogP contribution is -2.49. The number of hydrazone groups is 1. The molecule has 1 aliphatic carbocycles. The number of carbonyl (C=O) groups is 1. The predicted octanol–water partition coefficient (Wildman–Crippen LogP) is 3.71. The highest BCUT2D eigenvalue weighted by Gasteiger charge is 2.54. The molecule has 1 amide bonds. The van der Waals surface area contributed by atoms with E-state index in [9.17, 15) is 4.79 Å². The van der Waals surface area contributed by atoms with E-state index < -0.39 is 4.87 Å². The van der Waals surface area contributed by atoms with Crippen molar-refractivity contribution >= 4 is 22.7 Å². The number of thioether (sulfide) groups is 1. The van der Waals surface area contributed by atoms with Crippen molar-refractivity contribution in [2.45, 2.75) is 31.1 Å². The zero-order chi connectivity index (χ0) is 18.1. The average molecular weight is 366 g/mol. The van der Waals surface area contributed by atoms with Gasteiger partial charge in [0.05, 0.1) is 0 Å². The molecule has 2 N–H and O–H groups in total. The fourth-order valence-corrected chi connectivity index (χ4v) is 5.82. The Morgan fingerprint density at radius 3 is 2.69 bits per heavy atom. The Kier molecular flexibility index (Phi) is 4.59. The first-order valence-electron chi connectivity index (χ1n) is 9.09. The Bertz CT molecular complexity index is 851. The molecule has 1 aliphatic heterocycles. The van der Waals surface area contributed by atoms with Crippen molar-refractivity contribution in [3.8, 4) is 0 Å².